The highest BCUT2D eigenvalue weighted by Gasteiger charge is 2.16. The number of sulfonamides is 1. The Morgan fingerprint density at radius 3 is 2.28 bits per heavy atom. The van der Waals surface area contributed by atoms with Crippen LogP contribution in [0.15, 0.2) is 41.3 Å². The zero-order chi connectivity index (χ0) is 18.6. The molecular weight excluding hydrogens is 387 g/mol. The Balaban J connectivity index is 1.93. The Labute approximate surface area is 156 Å². The Morgan fingerprint density at radius 1 is 1.04 bits per heavy atom. The van der Waals surface area contributed by atoms with Gasteiger partial charge in [0.05, 0.1) is 14.9 Å². The first-order valence-corrected chi connectivity index (χ1v) is 9.38. The Kier molecular flexibility index (Phi) is 6.29. The van der Waals surface area contributed by atoms with Crippen molar-refractivity contribution in [3.63, 3.8) is 0 Å². The maximum absolute atomic E-state index is 12.1. The van der Waals surface area contributed by atoms with E-state index in [1.807, 2.05) is 24.7 Å². The first-order chi connectivity index (χ1) is 11.7. The number of aryl methyl sites for hydroxylation is 2. The summed E-state index contributed by atoms with van der Waals surface area (Å²) in [6.07, 6.45) is 0. The summed E-state index contributed by atoms with van der Waals surface area (Å²) in [6.45, 7) is 3.48. The molecule has 0 aromatic heterocycles. The number of carbonyl (C=O) groups is 1. The predicted molar refractivity (Wildman–Crippen MR) is 96.3 cm³/mol. The normalized spacial score (nSPS) is 11.2. The van der Waals surface area contributed by atoms with Gasteiger partial charge >= 0.3 is 0 Å². The molecule has 2 N–H and O–H groups in total. The van der Waals surface area contributed by atoms with Crippen LogP contribution < -0.4 is 15.0 Å². The molecule has 1 amide bonds. The van der Waals surface area contributed by atoms with Crippen molar-refractivity contribution in [3.8, 4) is 5.75 Å². The van der Waals surface area contributed by atoms with Crippen molar-refractivity contribution in [2.45, 2.75) is 18.7 Å². The molecule has 0 saturated carbocycles. The Morgan fingerprint density at radius 2 is 1.68 bits per heavy atom. The van der Waals surface area contributed by atoms with Crippen LogP contribution >= 0.6 is 23.2 Å². The van der Waals surface area contributed by atoms with E-state index in [4.69, 9.17) is 27.9 Å². The largest absolute Gasteiger partial charge is 0.484 e. The molecule has 0 saturated heterocycles. The lowest BCUT2D eigenvalue weighted by Gasteiger charge is -2.11. The molecule has 0 aliphatic rings. The van der Waals surface area contributed by atoms with Crippen LogP contribution in [0, 0.1) is 13.8 Å². The van der Waals surface area contributed by atoms with Gasteiger partial charge in [0, 0.05) is 0 Å². The number of nitrogens with one attached hydrogen (secondary N) is 2. The van der Waals surface area contributed by atoms with Crippen LogP contribution in [0.3, 0.4) is 0 Å². The third kappa shape index (κ3) is 5.61. The molecule has 0 atom stereocenters. The van der Waals surface area contributed by atoms with E-state index in [1.54, 1.807) is 12.1 Å². The number of amides is 1. The van der Waals surface area contributed by atoms with Crippen LogP contribution in [0.25, 0.3) is 0 Å². The van der Waals surface area contributed by atoms with E-state index in [2.05, 4.69) is 5.43 Å². The second kappa shape index (κ2) is 8.05. The van der Waals surface area contributed by atoms with Gasteiger partial charge in [-0.1, -0.05) is 29.3 Å². The van der Waals surface area contributed by atoms with E-state index in [0.29, 0.717) is 5.75 Å². The van der Waals surface area contributed by atoms with Gasteiger partial charge in [-0.25, -0.2) is 8.42 Å². The maximum atomic E-state index is 12.1. The molecule has 0 spiro atoms. The summed E-state index contributed by atoms with van der Waals surface area (Å²) in [4.78, 5) is 13.6. The molecule has 0 fully saturated rings. The zero-order valence-corrected chi connectivity index (χ0v) is 15.8. The summed E-state index contributed by atoms with van der Waals surface area (Å²) < 4.78 is 29.5. The average Bonchev–Trinajstić information content (AvgIpc) is 2.52. The Bertz CT molecular complexity index is 881. The summed E-state index contributed by atoms with van der Waals surface area (Å²) >= 11 is 11.5. The fraction of sp³-hybridized carbons (Fsp3) is 0.188. The van der Waals surface area contributed by atoms with Crippen LogP contribution in [0.1, 0.15) is 11.1 Å². The number of carbonyl (C=O) groups excluding carboxylic acids is 1. The van der Waals surface area contributed by atoms with Crippen molar-refractivity contribution in [3.05, 3.63) is 57.6 Å². The maximum Gasteiger partial charge on any atom is 0.272 e. The van der Waals surface area contributed by atoms with Crippen molar-refractivity contribution in [1.82, 2.24) is 10.3 Å². The van der Waals surface area contributed by atoms with E-state index in [1.165, 1.54) is 18.2 Å². The molecule has 134 valence electrons. The molecule has 25 heavy (non-hydrogen) atoms. The summed E-state index contributed by atoms with van der Waals surface area (Å²) in [5, 5.41) is 0.320. The zero-order valence-electron chi connectivity index (χ0n) is 13.5. The number of ether oxygens (including phenoxy) is 1. The number of hydrogen-bond acceptors (Lipinski definition) is 4. The monoisotopic (exact) mass is 402 g/mol. The number of benzene rings is 2. The molecule has 6 nitrogen and oxygen atoms in total. The van der Waals surface area contributed by atoms with Gasteiger partial charge in [0.15, 0.2) is 6.61 Å². The molecule has 0 aliphatic heterocycles. The van der Waals surface area contributed by atoms with Gasteiger partial charge in [-0.3, -0.25) is 10.2 Å². The second-order valence-electron chi connectivity index (χ2n) is 5.34. The van der Waals surface area contributed by atoms with Gasteiger partial charge in [0.25, 0.3) is 15.9 Å². The number of rotatable bonds is 6. The third-order valence-electron chi connectivity index (χ3n) is 3.09. The third-order valence-corrected chi connectivity index (χ3v) is 5.08. The van der Waals surface area contributed by atoms with Crippen LogP contribution in [-0.2, 0) is 14.8 Å². The summed E-state index contributed by atoms with van der Waals surface area (Å²) in [7, 11) is -3.97. The van der Waals surface area contributed by atoms with Crippen LogP contribution in [-0.4, -0.2) is 20.9 Å². The van der Waals surface area contributed by atoms with Crippen LogP contribution in [0.5, 0.6) is 5.75 Å². The van der Waals surface area contributed by atoms with Gasteiger partial charge in [-0.15, -0.1) is 4.83 Å². The SMILES string of the molecule is Cc1cc(C)cc(OCC(=O)NNS(=O)(=O)c2ccc(Cl)c(Cl)c2)c1. The molecule has 0 heterocycles. The fourth-order valence-electron chi connectivity index (χ4n) is 2.03. The van der Waals surface area contributed by atoms with Gasteiger partial charge < -0.3 is 4.74 Å². The fourth-order valence-corrected chi connectivity index (χ4v) is 3.28. The summed E-state index contributed by atoms with van der Waals surface area (Å²) in [6, 6.07) is 9.33. The Hall–Kier alpha value is -1.80. The minimum atomic E-state index is -3.97. The lowest BCUT2D eigenvalue weighted by molar-refractivity contribution is -0.123. The average molecular weight is 403 g/mol. The van der Waals surface area contributed by atoms with Crippen molar-refractivity contribution in [2.24, 2.45) is 0 Å². The quantitative estimate of drug-likeness (QED) is 0.727. The topological polar surface area (TPSA) is 84.5 Å². The smallest absolute Gasteiger partial charge is 0.272 e. The highest BCUT2D eigenvalue weighted by Crippen LogP contribution is 2.24. The van der Waals surface area contributed by atoms with Crippen LogP contribution in [0.4, 0.5) is 0 Å². The highest BCUT2D eigenvalue weighted by molar-refractivity contribution is 7.89. The molecule has 0 unspecified atom stereocenters. The molecule has 0 radical (unpaired) electrons. The second-order valence-corrected chi connectivity index (χ2v) is 7.84. The summed E-state index contributed by atoms with van der Waals surface area (Å²) in [5.41, 5.74) is 4.07. The highest BCUT2D eigenvalue weighted by atomic mass is 35.5. The van der Waals surface area contributed by atoms with Crippen LogP contribution in [0.2, 0.25) is 10.0 Å². The standard InChI is InChI=1S/C16H16Cl2N2O4S/c1-10-5-11(2)7-12(6-10)24-9-16(21)19-20-25(22,23)13-3-4-14(17)15(18)8-13/h3-8,20H,9H2,1-2H3,(H,19,21). The van der Waals surface area contributed by atoms with Gasteiger partial charge in [0.2, 0.25) is 0 Å². The first kappa shape index (κ1) is 19.5. The number of hydrazine groups is 1. The van der Waals surface area contributed by atoms with Gasteiger partial charge in [-0.2, -0.15) is 0 Å². The minimum absolute atomic E-state index is 0.0917. The van der Waals surface area contributed by atoms with E-state index in [-0.39, 0.29) is 21.5 Å². The first-order valence-electron chi connectivity index (χ1n) is 7.14. The molecular formula is C16H16Cl2N2O4S. The lowest BCUT2D eigenvalue weighted by Crippen LogP contribution is -2.43. The van der Waals surface area contributed by atoms with Crippen molar-refractivity contribution < 1.29 is 17.9 Å². The molecule has 2 aromatic carbocycles. The molecule has 0 aliphatic carbocycles. The molecule has 2 rings (SSSR count). The van der Waals surface area contributed by atoms with Gasteiger partial charge in [-0.05, 0) is 55.3 Å². The van der Waals surface area contributed by atoms with Crippen molar-refractivity contribution >= 4 is 39.1 Å². The molecule has 2 aromatic rings. The minimum Gasteiger partial charge on any atom is -0.484 e. The molecule has 0 bridgehead atoms. The number of halogens is 2. The van der Waals surface area contributed by atoms with E-state index in [0.717, 1.165) is 11.1 Å². The molecule has 9 heteroatoms. The van der Waals surface area contributed by atoms with E-state index < -0.39 is 15.9 Å². The van der Waals surface area contributed by atoms with E-state index >= 15 is 0 Å². The van der Waals surface area contributed by atoms with Crippen molar-refractivity contribution in [2.75, 3.05) is 6.61 Å². The van der Waals surface area contributed by atoms with E-state index in [9.17, 15) is 13.2 Å². The lowest BCUT2D eigenvalue weighted by atomic mass is 10.1. The number of hydrogen-bond donors (Lipinski definition) is 2. The van der Waals surface area contributed by atoms with Crippen molar-refractivity contribution in [1.29, 1.82) is 0 Å². The predicted octanol–water partition coefficient (Wildman–Crippen LogP) is 3.00. The summed E-state index contributed by atoms with van der Waals surface area (Å²) in [5.74, 6) is -0.122. The van der Waals surface area contributed by atoms with Gasteiger partial charge in [0.1, 0.15) is 5.75 Å².